The number of carbonyl (C=O) groups excluding carboxylic acids is 1. The number of morpholine rings is 1. The number of hydrogen-bond donors (Lipinski definition) is 1. The number of nitrogens with one attached hydrogen (secondary N) is 1. The number of aromatic amines is 1. The summed E-state index contributed by atoms with van der Waals surface area (Å²) in [6, 6.07) is 10.1. The topological polar surface area (TPSA) is 70.7 Å². The van der Waals surface area contributed by atoms with Gasteiger partial charge in [0.25, 0.3) is 5.91 Å². The number of piperidine rings is 1. The van der Waals surface area contributed by atoms with Crippen molar-refractivity contribution in [2.24, 2.45) is 0 Å². The van der Waals surface area contributed by atoms with Gasteiger partial charge in [0.2, 0.25) is 0 Å². The van der Waals surface area contributed by atoms with E-state index in [4.69, 9.17) is 9.47 Å². The average Bonchev–Trinajstić information content (AvgIpc) is 3.24. The molecule has 1 N–H and O–H groups in total. The first-order valence-electron chi connectivity index (χ1n) is 9.55. The van der Waals surface area contributed by atoms with Crippen LogP contribution in [0.1, 0.15) is 23.3 Å². The number of amides is 1. The Hall–Kier alpha value is -2.38. The van der Waals surface area contributed by atoms with E-state index in [2.05, 4.69) is 15.1 Å². The first kappa shape index (κ1) is 18.0. The highest BCUT2D eigenvalue weighted by Crippen LogP contribution is 2.23. The van der Waals surface area contributed by atoms with Gasteiger partial charge in [-0.15, -0.1) is 0 Å². The molecule has 2 aliphatic heterocycles. The summed E-state index contributed by atoms with van der Waals surface area (Å²) >= 11 is 0. The Kier molecular flexibility index (Phi) is 5.40. The summed E-state index contributed by atoms with van der Waals surface area (Å²) in [5, 5.41) is 7.22. The van der Waals surface area contributed by atoms with Gasteiger partial charge in [0.1, 0.15) is 11.4 Å². The van der Waals surface area contributed by atoms with E-state index in [0.29, 0.717) is 11.7 Å². The zero-order valence-corrected chi connectivity index (χ0v) is 15.7. The van der Waals surface area contributed by atoms with Crippen molar-refractivity contribution in [3.8, 4) is 17.0 Å². The van der Waals surface area contributed by atoms with E-state index < -0.39 is 0 Å². The first-order chi connectivity index (χ1) is 13.2. The molecule has 0 radical (unpaired) electrons. The van der Waals surface area contributed by atoms with Crippen LogP contribution in [0.4, 0.5) is 0 Å². The smallest absolute Gasteiger partial charge is 0.271 e. The number of rotatable bonds is 4. The molecule has 7 heteroatoms. The molecule has 2 fully saturated rings. The van der Waals surface area contributed by atoms with Gasteiger partial charge < -0.3 is 14.4 Å². The Morgan fingerprint density at radius 3 is 2.52 bits per heavy atom. The van der Waals surface area contributed by atoms with E-state index in [9.17, 15) is 4.79 Å². The highest BCUT2D eigenvalue weighted by atomic mass is 16.5. The maximum Gasteiger partial charge on any atom is 0.271 e. The van der Waals surface area contributed by atoms with Gasteiger partial charge in [-0.2, -0.15) is 5.10 Å². The van der Waals surface area contributed by atoms with Crippen LogP contribution in [0.2, 0.25) is 0 Å². The van der Waals surface area contributed by atoms with Gasteiger partial charge in [-0.1, -0.05) is 0 Å². The Morgan fingerprint density at radius 1 is 1.15 bits per heavy atom. The minimum absolute atomic E-state index is 0.0303. The quantitative estimate of drug-likeness (QED) is 0.892. The fourth-order valence-electron chi connectivity index (χ4n) is 3.89. The molecule has 3 heterocycles. The van der Waals surface area contributed by atoms with Crippen LogP contribution in [0, 0.1) is 0 Å². The second kappa shape index (κ2) is 8.10. The van der Waals surface area contributed by atoms with Crippen LogP contribution in [-0.4, -0.2) is 78.4 Å². The molecule has 7 nitrogen and oxygen atoms in total. The second-order valence-corrected chi connectivity index (χ2v) is 7.07. The predicted octanol–water partition coefficient (Wildman–Crippen LogP) is 2.02. The SMILES string of the molecule is COc1ccc(-c2cc(C(=O)N3CCC(N4CCOCC4)CC3)[nH]n2)cc1. The van der Waals surface area contributed by atoms with Gasteiger partial charge in [-0.05, 0) is 43.2 Å². The fourth-order valence-corrected chi connectivity index (χ4v) is 3.89. The number of benzene rings is 1. The Labute approximate surface area is 159 Å². The molecule has 1 amide bonds. The fraction of sp³-hybridized carbons (Fsp3) is 0.500. The third-order valence-corrected chi connectivity index (χ3v) is 5.51. The van der Waals surface area contributed by atoms with E-state index in [1.54, 1.807) is 7.11 Å². The summed E-state index contributed by atoms with van der Waals surface area (Å²) < 4.78 is 10.6. The van der Waals surface area contributed by atoms with Crippen molar-refractivity contribution in [1.82, 2.24) is 20.0 Å². The third kappa shape index (κ3) is 3.99. The average molecular weight is 370 g/mol. The van der Waals surface area contributed by atoms with Crippen molar-refractivity contribution < 1.29 is 14.3 Å². The van der Waals surface area contributed by atoms with E-state index in [0.717, 1.165) is 69.2 Å². The zero-order chi connectivity index (χ0) is 18.6. The monoisotopic (exact) mass is 370 g/mol. The molecule has 2 aromatic rings. The molecule has 27 heavy (non-hydrogen) atoms. The zero-order valence-electron chi connectivity index (χ0n) is 15.7. The van der Waals surface area contributed by atoms with Gasteiger partial charge in [-0.3, -0.25) is 14.8 Å². The number of nitrogens with zero attached hydrogens (tertiary/aromatic N) is 3. The van der Waals surface area contributed by atoms with Crippen molar-refractivity contribution in [3.63, 3.8) is 0 Å². The molecule has 0 saturated carbocycles. The molecule has 2 saturated heterocycles. The maximum atomic E-state index is 12.8. The molecule has 0 unspecified atom stereocenters. The number of methoxy groups -OCH3 is 1. The van der Waals surface area contributed by atoms with Gasteiger partial charge >= 0.3 is 0 Å². The summed E-state index contributed by atoms with van der Waals surface area (Å²) in [5.74, 6) is 0.830. The highest BCUT2D eigenvalue weighted by Gasteiger charge is 2.28. The number of aromatic nitrogens is 2. The number of H-pyrrole nitrogens is 1. The molecule has 1 aromatic heterocycles. The second-order valence-electron chi connectivity index (χ2n) is 7.07. The molecule has 0 spiro atoms. The molecule has 1 aromatic carbocycles. The van der Waals surface area contributed by atoms with Crippen molar-refractivity contribution in [3.05, 3.63) is 36.0 Å². The van der Waals surface area contributed by atoms with Crippen molar-refractivity contribution >= 4 is 5.91 Å². The standard InChI is InChI=1S/C20H26N4O3/c1-26-17-4-2-15(3-5-17)18-14-19(22-21-18)20(25)24-8-6-16(7-9-24)23-10-12-27-13-11-23/h2-5,14,16H,6-13H2,1H3,(H,21,22). The van der Waals surface area contributed by atoms with Crippen LogP contribution in [-0.2, 0) is 4.74 Å². The number of carbonyl (C=O) groups is 1. The summed E-state index contributed by atoms with van der Waals surface area (Å²) in [7, 11) is 1.64. The summed E-state index contributed by atoms with van der Waals surface area (Å²) in [4.78, 5) is 17.3. The summed E-state index contributed by atoms with van der Waals surface area (Å²) in [5.41, 5.74) is 2.27. The van der Waals surface area contributed by atoms with Crippen molar-refractivity contribution in [1.29, 1.82) is 0 Å². The molecule has 0 bridgehead atoms. The van der Waals surface area contributed by atoms with Gasteiger partial charge in [-0.25, -0.2) is 0 Å². The largest absolute Gasteiger partial charge is 0.497 e. The number of hydrogen-bond acceptors (Lipinski definition) is 5. The van der Waals surface area contributed by atoms with Crippen molar-refractivity contribution in [2.45, 2.75) is 18.9 Å². The van der Waals surface area contributed by atoms with Gasteiger partial charge in [0.05, 0.1) is 26.0 Å². The lowest BCUT2D eigenvalue weighted by Gasteiger charge is -2.39. The predicted molar refractivity (Wildman–Crippen MR) is 102 cm³/mol. The van der Waals surface area contributed by atoms with Crippen LogP contribution in [0.5, 0.6) is 5.75 Å². The molecule has 0 aliphatic carbocycles. The lowest BCUT2D eigenvalue weighted by Crippen LogP contribution is -2.50. The van der Waals surface area contributed by atoms with Crippen LogP contribution < -0.4 is 4.74 Å². The first-order valence-corrected chi connectivity index (χ1v) is 9.55. The number of ether oxygens (including phenoxy) is 2. The highest BCUT2D eigenvalue weighted by molar-refractivity contribution is 5.93. The lowest BCUT2D eigenvalue weighted by atomic mass is 10.0. The van der Waals surface area contributed by atoms with E-state index in [1.165, 1.54) is 0 Å². The van der Waals surface area contributed by atoms with E-state index in [-0.39, 0.29) is 5.91 Å². The van der Waals surface area contributed by atoms with Crippen LogP contribution in [0.15, 0.2) is 30.3 Å². The minimum atomic E-state index is 0.0303. The molecule has 4 rings (SSSR count). The van der Waals surface area contributed by atoms with Crippen LogP contribution in [0.3, 0.4) is 0 Å². The lowest BCUT2D eigenvalue weighted by molar-refractivity contribution is 0.00153. The minimum Gasteiger partial charge on any atom is -0.497 e. The summed E-state index contributed by atoms with van der Waals surface area (Å²) in [6.07, 6.45) is 2.04. The van der Waals surface area contributed by atoms with E-state index >= 15 is 0 Å². The normalized spacial score (nSPS) is 19.2. The Morgan fingerprint density at radius 2 is 1.85 bits per heavy atom. The molecule has 0 atom stereocenters. The van der Waals surface area contributed by atoms with Gasteiger partial charge in [0, 0.05) is 37.8 Å². The van der Waals surface area contributed by atoms with Crippen LogP contribution >= 0.6 is 0 Å². The molecular weight excluding hydrogens is 344 g/mol. The van der Waals surface area contributed by atoms with Gasteiger partial charge in [0.15, 0.2) is 0 Å². The Bertz CT molecular complexity index is 760. The number of likely N-dealkylation sites (tertiary alicyclic amines) is 1. The molecule has 144 valence electrons. The van der Waals surface area contributed by atoms with E-state index in [1.807, 2.05) is 35.2 Å². The van der Waals surface area contributed by atoms with Crippen LogP contribution in [0.25, 0.3) is 11.3 Å². The maximum absolute atomic E-state index is 12.8. The summed E-state index contributed by atoms with van der Waals surface area (Å²) in [6.45, 7) is 5.23. The Balaban J connectivity index is 1.36. The molecular formula is C20H26N4O3. The molecule has 2 aliphatic rings. The third-order valence-electron chi connectivity index (χ3n) is 5.51. The van der Waals surface area contributed by atoms with Crippen molar-refractivity contribution in [2.75, 3.05) is 46.5 Å².